The number of hydrogen-bond donors (Lipinski definition) is 1. The number of alkyl halides is 2. The monoisotopic (exact) mass is 300 g/mol. The SMILES string of the molecule is O=C(C1CCC(F)(F)CC1)N1CC[C@H]2NCCCC[C@H]2C1. The molecule has 3 rings (SSSR count). The molecule has 21 heavy (non-hydrogen) atoms. The summed E-state index contributed by atoms with van der Waals surface area (Å²) in [5.74, 6) is -2.03. The minimum absolute atomic E-state index is 0.120. The van der Waals surface area contributed by atoms with E-state index < -0.39 is 5.92 Å². The van der Waals surface area contributed by atoms with E-state index in [1.807, 2.05) is 4.90 Å². The molecule has 0 aromatic heterocycles. The number of piperidine rings is 1. The Morgan fingerprint density at radius 1 is 1.10 bits per heavy atom. The van der Waals surface area contributed by atoms with E-state index in [1.54, 1.807) is 0 Å². The quantitative estimate of drug-likeness (QED) is 0.807. The number of likely N-dealkylation sites (tertiary alicyclic amines) is 1. The second-order valence-corrected chi connectivity index (χ2v) is 7.02. The van der Waals surface area contributed by atoms with Crippen LogP contribution in [0.15, 0.2) is 0 Å². The average Bonchev–Trinajstić information content (AvgIpc) is 2.71. The van der Waals surface area contributed by atoms with Crippen molar-refractivity contribution in [3.05, 3.63) is 0 Å². The fraction of sp³-hybridized carbons (Fsp3) is 0.938. The Labute approximate surface area is 125 Å². The summed E-state index contributed by atoms with van der Waals surface area (Å²) in [5, 5.41) is 3.60. The predicted octanol–water partition coefficient (Wildman–Crippen LogP) is 2.80. The molecule has 1 amide bonds. The summed E-state index contributed by atoms with van der Waals surface area (Å²) in [6.45, 7) is 2.70. The van der Waals surface area contributed by atoms with Gasteiger partial charge < -0.3 is 10.2 Å². The maximum absolute atomic E-state index is 13.2. The molecule has 3 aliphatic rings. The molecule has 2 heterocycles. The van der Waals surface area contributed by atoms with Crippen molar-refractivity contribution in [2.75, 3.05) is 19.6 Å². The van der Waals surface area contributed by atoms with Gasteiger partial charge in [0.25, 0.3) is 0 Å². The van der Waals surface area contributed by atoms with Gasteiger partial charge in [0, 0.05) is 37.9 Å². The number of carbonyl (C=O) groups excluding carboxylic acids is 1. The van der Waals surface area contributed by atoms with Gasteiger partial charge in [-0.15, -0.1) is 0 Å². The van der Waals surface area contributed by atoms with Gasteiger partial charge in [0.05, 0.1) is 0 Å². The maximum atomic E-state index is 13.2. The fourth-order valence-electron chi connectivity index (χ4n) is 4.16. The van der Waals surface area contributed by atoms with Crippen molar-refractivity contribution in [2.24, 2.45) is 11.8 Å². The van der Waals surface area contributed by atoms with Gasteiger partial charge in [0.2, 0.25) is 11.8 Å². The average molecular weight is 300 g/mol. The van der Waals surface area contributed by atoms with Crippen LogP contribution in [0.4, 0.5) is 8.78 Å². The molecular weight excluding hydrogens is 274 g/mol. The molecular formula is C16H26F2N2O. The second kappa shape index (κ2) is 6.19. The first-order valence-electron chi connectivity index (χ1n) is 8.45. The van der Waals surface area contributed by atoms with Crippen molar-refractivity contribution in [1.82, 2.24) is 10.2 Å². The molecule has 1 saturated carbocycles. The van der Waals surface area contributed by atoms with Crippen LogP contribution >= 0.6 is 0 Å². The highest BCUT2D eigenvalue weighted by atomic mass is 19.3. The van der Waals surface area contributed by atoms with Gasteiger partial charge in [0.1, 0.15) is 0 Å². The van der Waals surface area contributed by atoms with Crippen LogP contribution < -0.4 is 5.32 Å². The number of hydrogen-bond acceptors (Lipinski definition) is 2. The van der Waals surface area contributed by atoms with Crippen LogP contribution in [0.25, 0.3) is 0 Å². The predicted molar refractivity (Wildman–Crippen MR) is 77.2 cm³/mol. The van der Waals surface area contributed by atoms with E-state index in [-0.39, 0.29) is 24.7 Å². The first-order valence-corrected chi connectivity index (χ1v) is 8.45. The third-order valence-corrected chi connectivity index (χ3v) is 5.52. The number of carbonyl (C=O) groups is 1. The number of nitrogens with one attached hydrogen (secondary N) is 1. The van der Waals surface area contributed by atoms with Crippen molar-refractivity contribution in [1.29, 1.82) is 0 Å². The Bertz CT molecular complexity index is 378. The van der Waals surface area contributed by atoms with E-state index in [1.165, 1.54) is 19.3 Å². The zero-order valence-corrected chi connectivity index (χ0v) is 12.6. The van der Waals surface area contributed by atoms with Crippen LogP contribution in [0.3, 0.4) is 0 Å². The minimum Gasteiger partial charge on any atom is -0.342 e. The van der Waals surface area contributed by atoms with Crippen LogP contribution in [0.5, 0.6) is 0 Å². The summed E-state index contributed by atoms with van der Waals surface area (Å²) >= 11 is 0. The van der Waals surface area contributed by atoms with Gasteiger partial charge in [-0.05, 0) is 44.6 Å². The highest BCUT2D eigenvalue weighted by molar-refractivity contribution is 5.79. The van der Waals surface area contributed by atoms with E-state index in [0.717, 1.165) is 26.1 Å². The Balaban J connectivity index is 1.56. The smallest absolute Gasteiger partial charge is 0.248 e. The highest BCUT2D eigenvalue weighted by Crippen LogP contribution is 2.37. The Hall–Kier alpha value is -0.710. The normalized spacial score (nSPS) is 34.1. The molecule has 0 spiro atoms. The molecule has 0 aromatic rings. The summed E-state index contributed by atoms with van der Waals surface area (Å²) in [4.78, 5) is 14.5. The second-order valence-electron chi connectivity index (χ2n) is 7.02. The summed E-state index contributed by atoms with van der Waals surface area (Å²) in [5.41, 5.74) is 0. The molecule has 0 aromatic carbocycles. The van der Waals surface area contributed by atoms with Gasteiger partial charge in [0.15, 0.2) is 0 Å². The van der Waals surface area contributed by atoms with Gasteiger partial charge in [-0.25, -0.2) is 8.78 Å². The summed E-state index contributed by atoms with van der Waals surface area (Å²) in [6, 6.07) is 0.548. The van der Waals surface area contributed by atoms with Crippen molar-refractivity contribution in [3.8, 4) is 0 Å². The van der Waals surface area contributed by atoms with Crippen molar-refractivity contribution in [3.63, 3.8) is 0 Å². The lowest BCUT2D eigenvalue weighted by molar-refractivity contribution is -0.141. The third kappa shape index (κ3) is 3.55. The summed E-state index contributed by atoms with van der Waals surface area (Å²) < 4.78 is 26.4. The van der Waals surface area contributed by atoms with Crippen molar-refractivity contribution >= 4 is 5.91 Å². The number of fused-ring (bicyclic) bond motifs is 1. The lowest BCUT2D eigenvalue weighted by Crippen LogP contribution is -2.52. The molecule has 120 valence electrons. The van der Waals surface area contributed by atoms with Gasteiger partial charge >= 0.3 is 0 Å². The Morgan fingerprint density at radius 3 is 2.62 bits per heavy atom. The zero-order chi connectivity index (χ0) is 14.9. The van der Waals surface area contributed by atoms with Crippen LogP contribution in [0.2, 0.25) is 0 Å². The van der Waals surface area contributed by atoms with Crippen molar-refractivity contribution in [2.45, 2.75) is 63.3 Å². The largest absolute Gasteiger partial charge is 0.342 e. The van der Waals surface area contributed by atoms with Crippen LogP contribution in [0, 0.1) is 11.8 Å². The highest BCUT2D eigenvalue weighted by Gasteiger charge is 2.40. The number of rotatable bonds is 1. The number of amides is 1. The molecule has 2 atom stereocenters. The Kier molecular flexibility index (Phi) is 4.48. The van der Waals surface area contributed by atoms with Gasteiger partial charge in [-0.2, -0.15) is 0 Å². The molecule has 2 saturated heterocycles. The lowest BCUT2D eigenvalue weighted by Gasteiger charge is -2.40. The molecule has 3 nitrogen and oxygen atoms in total. The van der Waals surface area contributed by atoms with Crippen LogP contribution in [-0.2, 0) is 4.79 Å². The minimum atomic E-state index is -2.55. The summed E-state index contributed by atoms with van der Waals surface area (Å²) in [6.07, 6.45) is 5.12. The summed E-state index contributed by atoms with van der Waals surface area (Å²) in [7, 11) is 0. The molecule has 0 unspecified atom stereocenters. The van der Waals surface area contributed by atoms with E-state index in [4.69, 9.17) is 0 Å². The van der Waals surface area contributed by atoms with Crippen LogP contribution in [0.1, 0.15) is 51.4 Å². The van der Waals surface area contributed by atoms with E-state index in [0.29, 0.717) is 24.8 Å². The molecule has 3 fully saturated rings. The first kappa shape index (κ1) is 15.2. The Morgan fingerprint density at radius 2 is 1.86 bits per heavy atom. The molecule has 0 radical (unpaired) electrons. The van der Waals surface area contributed by atoms with Gasteiger partial charge in [-0.3, -0.25) is 4.79 Å². The topological polar surface area (TPSA) is 32.3 Å². The molecule has 1 N–H and O–H groups in total. The van der Waals surface area contributed by atoms with E-state index in [2.05, 4.69) is 5.32 Å². The molecule has 1 aliphatic carbocycles. The van der Waals surface area contributed by atoms with Crippen molar-refractivity contribution < 1.29 is 13.6 Å². The van der Waals surface area contributed by atoms with Gasteiger partial charge in [-0.1, -0.05) is 6.42 Å². The third-order valence-electron chi connectivity index (χ3n) is 5.52. The zero-order valence-electron chi connectivity index (χ0n) is 12.6. The standard InChI is InChI=1S/C16H26F2N2O/c17-16(18)7-4-12(5-8-16)15(21)20-10-6-14-13(11-20)3-1-2-9-19-14/h12-14,19H,1-11H2/t13-,14+/m0/s1. The maximum Gasteiger partial charge on any atom is 0.248 e. The number of nitrogens with zero attached hydrogens (tertiary/aromatic N) is 1. The van der Waals surface area contributed by atoms with E-state index >= 15 is 0 Å². The molecule has 0 bridgehead atoms. The van der Waals surface area contributed by atoms with Crippen LogP contribution in [-0.4, -0.2) is 42.4 Å². The fourth-order valence-corrected chi connectivity index (χ4v) is 4.16. The molecule has 2 aliphatic heterocycles. The molecule has 5 heteroatoms. The number of halogens is 2. The lowest BCUT2D eigenvalue weighted by atomic mass is 9.84. The van der Waals surface area contributed by atoms with E-state index in [9.17, 15) is 13.6 Å². The first-order chi connectivity index (χ1) is 10.1.